The quantitative estimate of drug-likeness (QED) is 0.749. The summed E-state index contributed by atoms with van der Waals surface area (Å²) in [6.45, 7) is 3.95. The van der Waals surface area contributed by atoms with Crippen molar-refractivity contribution in [2.75, 3.05) is 4.72 Å². The van der Waals surface area contributed by atoms with E-state index >= 15 is 0 Å². The van der Waals surface area contributed by atoms with Crippen molar-refractivity contribution in [1.82, 2.24) is 0 Å². The fourth-order valence-electron chi connectivity index (χ4n) is 2.07. The first-order chi connectivity index (χ1) is 9.89. The maximum atomic E-state index is 12.5. The second kappa shape index (κ2) is 6.69. The van der Waals surface area contributed by atoms with Crippen molar-refractivity contribution in [1.29, 1.82) is 0 Å². The van der Waals surface area contributed by atoms with Crippen LogP contribution in [0.15, 0.2) is 32.3 Å². The second-order valence-corrected chi connectivity index (χ2v) is 9.21. The highest BCUT2D eigenvalue weighted by Gasteiger charge is 2.20. The van der Waals surface area contributed by atoms with Gasteiger partial charge in [-0.05, 0) is 58.1 Å². The molecule has 1 N–H and O–H groups in total. The first kappa shape index (κ1) is 16.8. The molecule has 7 heteroatoms. The van der Waals surface area contributed by atoms with Crippen LogP contribution in [0.2, 0.25) is 5.02 Å². The molecule has 0 bridgehead atoms. The van der Waals surface area contributed by atoms with Crippen molar-refractivity contribution in [3.8, 4) is 0 Å². The number of thiophene rings is 1. The Labute approximate surface area is 142 Å². The SMILES string of the molecule is CCc1ccc(Cl)c(CC)c1NS(=O)(=O)c1ccc(Br)s1. The highest BCUT2D eigenvalue weighted by atomic mass is 79.9. The van der Waals surface area contributed by atoms with E-state index in [4.69, 9.17) is 11.6 Å². The number of nitrogens with one attached hydrogen (secondary N) is 1. The first-order valence-corrected chi connectivity index (χ1v) is 9.94. The standard InChI is InChI=1S/C14H15BrClNO2S2/c1-3-9-5-6-11(16)10(4-2)14(9)17-21(18,19)13-8-7-12(15)20-13/h5-8,17H,3-4H2,1-2H3. The summed E-state index contributed by atoms with van der Waals surface area (Å²) >= 11 is 10.7. The van der Waals surface area contributed by atoms with Crippen molar-refractivity contribution >= 4 is 54.6 Å². The van der Waals surface area contributed by atoms with Gasteiger partial charge in [0.25, 0.3) is 10.0 Å². The van der Waals surface area contributed by atoms with Crippen LogP contribution < -0.4 is 4.72 Å². The van der Waals surface area contributed by atoms with Crippen molar-refractivity contribution < 1.29 is 8.42 Å². The van der Waals surface area contributed by atoms with Crippen LogP contribution in [0, 0.1) is 0 Å². The highest BCUT2D eigenvalue weighted by Crippen LogP contribution is 2.33. The Morgan fingerprint density at radius 2 is 1.90 bits per heavy atom. The zero-order valence-electron chi connectivity index (χ0n) is 11.6. The van der Waals surface area contributed by atoms with E-state index in [1.165, 1.54) is 11.3 Å². The number of hydrogen-bond acceptors (Lipinski definition) is 3. The normalized spacial score (nSPS) is 11.6. The largest absolute Gasteiger partial charge is 0.278 e. The molecule has 0 unspecified atom stereocenters. The zero-order chi connectivity index (χ0) is 15.6. The van der Waals surface area contributed by atoms with E-state index in [1.54, 1.807) is 12.1 Å². The molecule has 0 saturated carbocycles. The van der Waals surface area contributed by atoms with Gasteiger partial charge in [0.1, 0.15) is 4.21 Å². The second-order valence-electron chi connectivity index (χ2n) is 4.43. The third kappa shape index (κ3) is 3.62. The molecular weight excluding hydrogens is 394 g/mol. The van der Waals surface area contributed by atoms with Crippen LogP contribution in [0.4, 0.5) is 5.69 Å². The molecule has 3 nitrogen and oxygen atoms in total. The zero-order valence-corrected chi connectivity index (χ0v) is 15.6. The van der Waals surface area contributed by atoms with Crippen molar-refractivity contribution in [2.45, 2.75) is 30.9 Å². The Bertz CT molecular complexity index is 756. The van der Waals surface area contributed by atoms with E-state index in [2.05, 4.69) is 20.7 Å². The van der Waals surface area contributed by atoms with Gasteiger partial charge in [0, 0.05) is 5.02 Å². The summed E-state index contributed by atoms with van der Waals surface area (Å²) in [6, 6.07) is 6.99. The Morgan fingerprint density at radius 3 is 2.43 bits per heavy atom. The lowest BCUT2D eigenvalue weighted by atomic mass is 10.0. The van der Waals surface area contributed by atoms with Crippen molar-refractivity contribution in [2.24, 2.45) is 0 Å². The molecule has 1 aromatic heterocycles. The minimum atomic E-state index is -3.59. The van der Waals surface area contributed by atoms with Gasteiger partial charge in [0.05, 0.1) is 9.47 Å². The predicted molar refractivity (Wildman–Crippen MR) is 93.0 cm³/mol. The van der Waals surface area contributed by atoms with Crippen molar-refractivity contribution in [3.63, 3.8) is 0 Å². The van der Waals surface area contributed by atoms with Gasteiger partial charge in [0.15, 0.2) is 0 Å². The molecule has 2 rings (SSSR count). The van der Waals surface area contributed by atoms with Crippen LogP contribution in [0.3, 0.4) is 0 Å². The predicted octanol–water partition coefficient (Wildman–Crippen LogP) is 5.09. The summed E-state index contributed by atoms with van der Waals surface area (Å²) in [7, 11) is -3.59. The summed E-state index contributed by atoms with van der Waals surface area (Å²) < 4.78 is 28.8. The summed E-state index contributed by atoms with van der Waals surface area (Å²) in [5.74, 6) is 0. The number of aryl methyl sites for hydroxylation is 1. The maximum absolute atomic E-state index is 12.5. The lowest BCUT2D eigenvalue weighted by molar-refractivity contribution is 0.603. The van der Waals surface area contributed by atoms with Crippen LogP contribution >= 0.6 is 38.9 Å². The molecule has 0 atom stereocenters. The lowest BCUT2D eigenvalue weighted by Gasteiger charge is -2.16. The molecule has 0 aliphatic carbocycles. The Morgan fingerprint density at radius 1 is 1.19 bits per heavy atom. The monoisotopic (exact) mass is 407 g/mol. The average molecular weight is 409 g/mol. The maximum Gasteiger partial charge on any atom is 0.271 e. The Kier molecular flexibility index (Phi) is 5.35. The number of anilines is 1. The van der Waals surface area contributed by atoms with Gasteiger partial charge in [0.2, 0.25) is 0 Å². The summed E-state index contributed by atoms with van der Waals surface area (Å²) in [6.07, 6.45) is 1.40. The molecule has 0 fully saturated rings. The average Bonchev–Trinajstić information content (AvgIpc) is 2.87. The molecule has 0 spiro atoms. The van der Waals surface area contributed by atoms with Crippen LogP contribution in [-0.2, 0) is 22.9 Å². The molecule has 0 aliphatic heterocycles. The summed E-state index contributed by atoms with van der Waals surface area (Å²) in [5.41, 5.74) is 2.38. The van der Waals surface area contributed by atoms with E-state index in [1.807, 2.05) is 26.0 Å². The molecule has 0 amide bonds. The van der Waals surface area contributed by atoms with Crippen LogP contribution in [0.25, 0.3) is 0 Å². The fraction of sp³-hybridized carbons (Fsp3) is 0.286. The molecule has 1 aromatic carbocycles. The number of benzene rings is 1. The lowest BCUT2D eigenvalue weighted by Crippen LogP contribution is -2.14. The van der Waals surface area contributed by atoms with E-state index in [9.17, 15) is 8.42 Å². The van der Waals surface area contributed by atoms with Gasteiger partial charge < -0.3 is 0 Å². The molecule has 2 aromatic rings. The van der Waals surface area contributed by atoms with Crippen LogP contribution in [-0.4, -0.2) is 8.42 Å². The minimum Gasteiger partial charge on any atom is -0.278 e. The smallest absolute Gasteiger partial charge is 0.271 e. The van der Waals surface area contributed by atoms with E-state index in [-0.39, 0.29) is 4.21 Å². The topological polar surface area (TPSA) is 46.2 Å². The number of hydrogen-bond donors (Lipinski definition) is 1. The first-order valence-electron chi connectivity index (χ1n) is 6.47. The van der Waals surface area contributed by atoms with Gasteiger partial charge in [-0.15, -0.1) is 11.3 Å². The summed E-state index contributed by atoms with van der Waals surface area (Å²) in [4.78, 5) is 0. The van der Waals surface area contributed by atoms with Crippen LogP contribution in [0.5, 0.6) is 0 Å². The minimum absolute atomic E-state index is 0.276. The van der Waals surface area contributed by atoms with Crippen molar-refractivity contribution in [3.05, 3.63) is 44.2 Å². The Hall–Kier alpha value is -0.560. The number of sulfonamides is 1. The van der Waals surface area contributed by atoms with Gasteiger partial charge in [-0.3, -0.25) is 4.72 Å². The molecule has 1 heterocycles. The van der Waals surface area contributed by atoms with E-state index in [0.29, 0.717) is 17.1 Å². The molecule has 114 valence electrons. The Balaban J connectivity index is 2.50. The third-order valence-corrected chi connectivity index (χ3v) is 6.95. The number of halogens is 2. The molecule has 21 heavy (non-hydrogen) atoms. The third-order valence-electron chi connectivity index (χ3n) is 3.13. The fourth-order valence-corrected chi connectivity index (χ4v) is 5.50. The molecule has 0 saturated heterocycles. The molecule has 0 radical (unpaired) electrons. The summed E-state index contributed by atoms with van der Waals surface area (Å²) in [5, 5.41) is 0.583. The molecular formula is C14H15BrClNO2S2. The van der Waals surface area contributed by atoms with Gasteiger partial charge in [-0.25, -0.2) is 8.42 Å². The van der Waals surface area contributed by atoms with Gasteiger partial charge >= 0.3 is 0 Å². The van der Waals surface area contributed by atoms with Gasteiger partial charge in [-0.1, -0.05) is 31.5 Å². The van der Waals surface area contributed by atoms with Crippen LogP contribution in [0.1, 0.15) is 25.0 Å². The van der Waals surface area contributed by atoms with Gasteiger partial charge in [-0.2, -0.15) is 0 Å². The van der Waals surface area contributed by atoms with E-state index < -0.39 is 10.0 Å². The van der Waals surface area contributed by atoms with E-state index in [0.717, 1.165) is 21.3 Å². The molecule has 0 aliphatic rings. The highest BCUT2D eigenvalue weighted by molar-refractivity contribution is 9.11. The number of rotatable bonds is 5.